The molecular weight excluding hydrogens is 352 g/mol. The average molecular weight is 368 g/mol. The summed E-state index contributed by atoms with van der Waals surface area (Å²) in [5.74, 6) is -0.484. The number of nitrogens with zero attached hydrogens (tertiary/aromatic N) is 2. The van der Waals surface area contributed by atoms with Crippen LogP contribution >= 0.6 is 0 Å². The van der Waals surface area contributed by atoms with E-state index in [-0.39, 0.29) is 18.9 Å². The summed E-state index contributed by atoms with van der Waals surface area (Å²) >= 11 is 0. The number of hydrogen-bond donors (Lipinski definition) is 0. The average Bonchev–Trinajstić information content (AvgIpc) is 3.07. The lowest BCUT2D eigenvalue weighted by Crippen LogP contribution is -2.36. The van der Waals surface area contributed by atoms with Crippen LogP contribution in [0.2, 0.25) is 0 Å². The minimum absolute atomic E-state index is 0.0823. The van der Waals surface area contributed by atoms with Gasteiger partial charge < -0.3 is 9.15 Å². The van der Waals surface area contributed by atoms with Gasteiger partial charge in [-0.25, -0.2) is 8.42 Å². The van der Waals surface area contributed by atoms with Crippen LogP contribution in [0.1, 0.15) is 12.7 Å². The Morgan fingerprint density at radius 2 is 2.00 bits per heavy atom. The number of para-hydroxylation sites is 1. The van der Waals surface area contributed by atoms with Gasteiger partial charge >= 0.3 is 5.97 Å². The fraction of sp³-hybridized carbons (Fsp3) is 0.267. The third kappa shape index (κ3) is 4.43. The van der Waals surface area contributed by atoms with Crippen LogP contribution < -0.4 is 0 Å². The first-order valence-electron chi connectivity index (χ1n) is 7.27. The molecule has 0 saturated heterocycles. The lowest BCUT2D eigenvalue weighted by molar-refractivity contribution is -0.387. The molecule has 0 saturated carbocycles. The van der Waals surface area contributed by atoms with Crippen LogP contribution in [0, 0.1) is 10.1 Å². The molecule has 10 heteroatoms. The van der Waals surface area contributed by atoms with Gasteiger partial charge in [0.2, 0.25) is 0 Å². The van der Waals surface area contributed by atoms with Crippen molar-refractivity contribution in [1.29, 1.82) is 0 Å². The molecule has 0 N–H and O–H groups in total. The van der Waals surface area contributed by atoms with Crippen LogP contribution in [-0.4, -0.2) is 36.8 Å². The van der Waals surface area contributed by atoms with Crippen molar-refractivity contribution in [3.63, 3.8) is 0 Å². The number of nitro benzene ring substituents is 1. The summed E-state index contributed by atoms with van der Waals surface area (Å²) in [5, 5.41) is 11.1. The number of carbonyl (C=O) groups excluding carboxylic acids is 1. The Hall–Kier alpha value is -2.72. The van der Waals surface area contributed by atoms with E-state index in [4.69, 9.17) is 9.15 Å². The maximum Gasteiger partial charge on any atom is 0.321 e. The van der Waals surface area contributed by atoms with Gasteiger partial charge in [0.25, 0.3) is 15.7 Å². The number of esters is 1. The molecule has 25 heavy (non-hydrogen) atoms. The van der Waals surface area contributed by atoms with Crippen LogP contribution in [0.25, 0.3) is 0 Å². The first-order chi connectivity index (χ1) is 11.9. The molecule has 0 fully saturated rings. The SMILES string of the molecule is CCOC(=O)CN(Cc1ccco1)S(=O)(=O)c1ccccc1[N+](=O)[O-]. The zero-order valence-electron chi connectivity index (χ0n) is 13.3. The van der Waals surface area contributed by atoms with Crippen LogP contribution in [-0.2, 0) is 26.1 Å². The Morgan fingerprint density at radius 3 is 2.60 bits per heavy atom. The predicted octanol–water partition coefficient (Wildman–Crippen LogP) is 1.94. The number of furan rings is 1. The number of ether oxygens (including phenoxy) is 1. The van der Waals surface area contributed by atoms with Gasteiger partial charge in [0.05, 0.1) is 24.3 Å². The molecule has 1 aromatic heterocycles. The molecule has 134 valence electrons. The van der Waals surface area contributed by atoms with E-state index in [1.165, 1.54) is 24.5 Å². The van der Waals surface area contributed by atoms with Crippen molar-refractivity contribution in [2.24, 2.45) is 0 Å². The Labute approximate surface area is 144 Å². The van der Waals surface area contributed by atoms with E-state index in [2.05, 4.69) is 0 Å². The molecule has 2 rings (SSSR count). The molecule has 0 radical (unpaired) electrons. The van der Waals surface area contributed by atoms with Gasteiger partial charge in [-0.2, -0.15) is 4.31 Å². The Morgan fingerprint density at radius 1 is 1.28 bits per heavy atom. The summed E-state index contributed by atoms with van der Waals surface area (Å²) in [6.45, 7) is 0.813. The third-order valence-electron chi connectivity index (χ3n) is 3.20. The quantitative estimate of drug-likeness (QED) is 0.397. The highest BCUT2D eigenvalue weighted by Crippen LogP contribution is 2.27. The normalized spacial score (nSPS) is 11.4. The van der Waals surface area contributed by atoms with Crippen molar-refractivity contribution in [3.05, 3.63) is 58.5 Å². The van der Waals surface area contributed by atoms with Gasteiger partial charge in [-0.05, 0) is 25.1 Å². The molecule has 1 heterocycles. The van der Waals surface area contributed by atoms with Crippen molar-refractivity contribution in [3.8, 4) is 0 Å². The molecule has 0 aliphatic carbocycles. The maximum absolute atomic E-state index is 12.9. The summed E-state index contributed by atoms with van der Waals surface area (Å²) in [6, 6.07) is 8.04. The molecular formula is C15H16N2O7S. The first-order valence-corrected chi connectivity index (χ1v) is 8.71. The molecule has 9 nitrogen and oxygen atoms in total. The highest BCUT2D eigenvalue weighted by atomic mass is 32.2. The van der Waals surface area contributed by atoms with Crippen molar-refractivity contribution >= 4 is 21.7 Å². The lowest BCUT2D eigenvalue weighted by Gasteiger charge is -2.20. The molecule has 0 unspecified atom stereocenters. The molecule has 0 aliphatic rings. The lowest BCUT2D eigenvalue weighted by atomic mass is 10.3. The second-order valence-electron chi connectivity index (χ2n) is 4.88. The van der Waals surface area contributed by atoms with Gasteiger partial charge in [-0.1, -0.05) is 12.1 Å². The zero-order chi connectivity index (χ0) is 18.4. The number of benzene rings is 1. The highest BCUT2D eigenvalue weighted by molar-refractivity contribution is 7.89. The van der Waals surface area contributed by atoms with Gasteiger partial charge in [0, 0.05) is 6.07 Å². The standard InChI is InChI=1S/C15H16N2O7S/c1-2-23-15(18)11-16(10-12-6-5-9-24-12)25(21,22)14-8-4-3-7-13(14)17(19)20/h3-9H,2,10-11H2,1H3. The molecule has 0 atom stereocenters. The minimum Gasteiger partial charge on any atom is -0.468 e. The molecule has 0 aliphatic heterocycles. The van der Waals surface area contributed by atoms with E-state index >= 15 is 0 Å². The van der Waals surface area contributed by atoms with Crippen molar-refractivity contribution in [1.82, 2.24) is 4.31 Å². The largest absolute Gasteiger partial charge is 0.468 e. The number of rotatable bonds is 8. The van der Waals surface area contributed by atoms with Crippen molar-refractivity contribution < 1.29 is 27.3 Å². The summed E-state index contributed by atoms with van der Waals surface area (Å²) in [5.41, 5.74) is -0.573. The van der Waals surface area contributed by atoms with Crippen molar-refractivity contribution in [2.75, 3.05) is 13.2 Å². The van der Waals surface area contributed by atoms with Gasteiger partial charge in [-0.15, -0.1) is 0 Å². The van der Waals surface area contributed by atoms with E-state index in [0.717, 1.165) is 16.4 Å². The molecule has 1 aromatic carbocycles. The van der Waals surface area contributed by atoms with E-state index in [1.807, 2.05) is 0 Å². The summed E-state index contributed by atoms with van der Waals surface area (Å²) < 4.78 is 36.5. The van der Waals surface area contributed by atoms with Crippen molar-refractivity contribution in [2.45, 2.75) is 18.4 Å². The smallest absolute Gasteiger partial charge is 0.321 e. The van der Waals surface area contributed by atoms with Crippen LogP contribution in [0.4, 0.5) is 5.69 Å². The first kappa shape index (κ1) is 18.6. The summed E-state index contributed by atoms with van der Waals surface area (Å²) in [6.07, 6.45) is 1.36. The number of hydrogen-bond acceptors (Lipinski definition) is 7. The topological polar surface area (TPSA) is 120 Å². The highest BCUT2D eigenvalue weighted by Gasteiger charge is 2.33. The predicted molar refractivity (Wildman–Crippen MR) is 86.0 cm³/mol. The monoisotopic (exact) mass is 368 g/mol. The van der Waals surface area contributed by atoms with Crippen LogP contribution in [0.3, 0.4) is 0 Å². The van der Waals surface area contributed by atoms with E-state index in [9.17, 15) is 23.3 Å². The summed E-state index contributed by atoms with van der Waals surface area (Å²) in [4.78, 5) is 21.6. The third-order valence-corrected chi connectivity index (χ3v) is 5.04. The number of sulfonamides is 1. The minimum atomic E-state index is -4.34. The second-order valence-corrected chi connectivity index (χ2v) is 6.79. The van der Waals surface area contributed by atoms with E-state index in [1.54, 1.807) is 13.0 Å². The number of carbonyl (C=O) groups is 1. The Balaban J connectivity index is 2.44. The summed E-state index contributed by atoms with van der Waals surface area (Å²) in [7, 11) is -4.34. The molecule has 2 aromatic rings. The fourth-order valence-electron chi connectivity index (χ4n) is 2.12. The zero-order valence-corrected chi connectivity index (χ0v) is 14.1. The Kier molecular flexibility index (Phi) is 5.88. The van der Waals surface area contributed by atoms with E-state index < -0.39 is 38.0 Å². The van der Waals surface area contributed by atoms with Crippen LogP contribution in [0.5, 0.6) is 0 Å². The number of nitro groups is 1. The molecule has 0 bridgehead atoms. The maximum atomic E-state index is 12.9. The van der Waals surface area contributed by atoms with Gasteiger partial charge in [0.15, 0.2) is 4.90 Å². The fourth-order valence-corrected chi connectivity index (χ4v) is 3.63. The molecule has 0 amide bonds. The van der Waals surface area contributed by atoms with Gasteiger partial charge in [-0.3, -0.25) is 14.9 Å². The van der Waals surface area contributed by atoms with Gasteiger partial charge in [0.1, 0.15) is 12.3 Å². The van der Waals surface area contributed by atoms with E-state index in [0.29, 0.717) is 0 Å². The molecule has 0 spiro atoms. The second kappa shape index (κ2) is 7.90. The Bertz CT molecular complexity index is 847. The van der Waals surface area contributed by atoms with Crippen LogP contribution in [0.15, 0.2) is 52.0 Å².